The van der Waals surface area contributed by atoms with Crippen LogP contribution in [-0.4, -0.2) is 23.9 Å². The molecule has 1 saturated heterocycles. The van der Waals surface area contributed by atoms with E-state index >= 15 is 0 Å². The van der Waals surface area contributed by atoms with Crippen molar-refractivity contribution in [3.63, 3.8) is 0 Å². The van der Waals surface area contributed by atoms with E-state index in [1.165, 1.54) is 33.4 Å². The van der Waals surface area contributed by atoms with Gasteiger partial charge in [-0.1, -0.05) is 42.0 Å². The van der Waals surface area contributed by atoms with Gasteiger partial charge in [0.1, 0.15) is 0 Å². The number of carbonyl (C=O) groups excluding carboxylic acids is 1. The zero-order valence-corrected chi connectivity index (χ0v) is 18.0. The number of hydrogen-bond acceptors (Lipinski definition) is 2. The molecule has 3 nitrogen and oxygen atoms in total. The summed E-state index contributed by atoms with van der Waals surface area (Å²) in [5.74, 6) is 0.337. The molecular weight excluding hydrogens is 344 g/mol. The molecule has 2 aromatic rings. The van der Waals surface area contributed by atoms with Crippen LogP contribution in [-0.2, 0) is 11.3 Å². The Hall–Kier alpha value is -2.13. The Morgan fingerprint density at radius 1 is 1.00 bits per heavy atom. The largest absolute Gasteiger partial charge is 0.349 e. The molecule has 1 aliphatic heterocycles. The highest BCUT2D eigenvalue weighted by molar-refractivity contribution is 5.79. The molecule has 1 heterocycles. The molecule has 2 aromatic carbocycles. The van der Waals surface area contributed by atoms with Crippen molar-refractivity contribution in [2.75, 3.05) is 13.1 Å². The minimum Gasteiger partial charge on any atom is -0.349 e. The van der Waals surface area contributed by atoms with Gasteiger partial charge < -0.3 is 5.32 Å². The van der Waals surface area contributed by atoms with E-state index in [0.29, 0.717) is 0 Å². The number of amides is 1. The van der Waals surface area contributed by atoms with E-state index in [9.17, 15) is 4.79 Å². The van der Waals surface area contributed by atoms with E-state index in [4.69, 9.17) is 0 Å². The first-order valence-electron chi connectivity index (χ1n) is 10.5. The van der Waals surface area contributed by atoms with Crippen molar-refractivity contribution >= 4 is 5.91 Å². The molecular formula is C25H34N2O. The van der Waals surface area contributed by atoms with Gasteiger partial charge in [-0.2, -0.15) is 0 Å². The summed E-state index contributed by atoms with van der Waals surface area (Å²) in [6.07, 6.45) is 1.88. The molecule has 1 aliphatic rings. The van der Waals surface area contributed by atoms with Crippen LogP contribution in [0.3, 0.4) is 0 Å². The fourth-order valence-electron chi connectivity index (χ4n) is 4.16. The summed E-state index contributed by atoms with van der Waals surface area (Å²) in [7, 11) is 0. The molecule has 28 heavy (non-hydrogen) atoms. The molecule has 3 heteroatoms. The Morgan fingerprint density at radius 2 is 1.61 bits per heavy atom. The molecule has 0 radical (unpaired) electrons. The van der Waals surface area contributed by atoms with Gasteiger partial charge in [-0.15, -0.1) is 0 Å². The summed E-state index contributed by atoms with van der Waals surface area (Å²) in [5.41, 5.74) is 7.73. The van der Waals surface area contributed by atoms with Gasteiger partial charge in [-0.05, 0) is 88.4 Å². The van der Waals surface area contributed by atoms with Crippen molar-refractivity contribution in [2.45, 2.75) is 60.0 Å². The topological polar surface area (TPSA) is 32.3 Å². The van der Waals surface area contributed by atoms with Gasteiger partial charge in [0.05, 0.1) is 6.04 Å². The van der Waals surface area contributed by atoms with Crippen LogP contribution in [0.15, 0.2) is 36.4 Å². The van der Waals surface area contributed by atoms with Crippen LogP contribution >= 0.6 is 0 Å². The fourth-order valence-corrected chi connectivity index (χ4v) is 4.16. The molecule has 1 fully saturated rings. The number of benzene rings is 2. The van der Waals surface area contributed by atoms with Crippen molar-refractivity contribution in [1.82, 2.24) is 10.2 Å². The molecule has 1 N–H and O–H groups in total. The van der Waals surface area contributed by atoms with Gasteiger partial charge >= 0.3 is 0 Å². The number of hydrogen-bond donors (Lipinski definition) is 1. The van der Waals surface area contributed by atoms with Gasteiger partial charge in [-0.25, -0.2) is 0 Å². The van der Waals surface area contributed by atoms with E-state index in [2.05, 4.69) is 81.2 Å². The average molecular weight is 379 g/mol. The van der Waals surface area contributed by atoms with Gasteiger partial charge in [0.15, 0.2) is 0 Å². The number of likely N-dealkylation sites (tertiary alicyclic amines) is 1. The van der Waals surface area contributed by atoms with Crippen LogP contribution in [0.25, 0.3) is 0 Å². The van der Waals surface area contributed by atoms with E-state index in [1.807, 2.05) is 0 Å². The smallest absolute Gasteiger partial charge is 0.223 e. The number of piperidine rings is 1. The Kier molecular flexibility index (Phi) is 6.56. The van der Waals surface area contributed by atoms with Crippen molar-refractivity contribution in [3.05, 3.63) is 69.8 Å². The molecule has 150 valence electrons. The van der Waals surface area contributed by atoms with Crippen LogP contribution in [0, 0.1) is 33.6 Å². The third kappa shape index (κ3) is 5.02. The van der Waals surface area contributed by atoms with E-state index in [0.717, 1.165) is 32.5 Å². The van der Waals surface area contributed by atoms with E-state index < -0.39 is 0 Å². The maximum atomic E-state index is 12.8. The summed E-state index contributed by atoms with van der Waals surface area (Å²) in [5, 5.41) is 3.27. The average Bonchev–Trinajstić information content (AvgIpc) is 2.67. The predicted molar refractivity (Wildman–Crippen MR) is 116 cm³/mol. The SMILES string of the molecule is Cc1ccc(CN2CCC(C(=O)NC(C)c3cc(C)c(C)cc3C)CC2)cc1. The lowest BCUT2D eigenvalue weighted by molar-refractivity contribution is -0.127. The Bertz CT molecular complexity index is 817. The molecule has 0 spiro atoms. The lowest BCUT2D eigenvalue weighted by atomic mass is 9.93. The van der Waals surface area contributed by atoms with Crippen LogP contribution in [0.1, 0.15) is 59.2 Å². The van der Waals surface area contributed by atoms with Crippen molar-refractivity contribution in [2.24, 2.45) is 5.92 Å². The Balaban J connectivity index is 1.52. The first kappa shape index (κ1) is 20.6. The number of rotatable bonds is 5. The second kappa shape index (κ2) is 8.91. The number of aryl methyl sites for hydroxylation is 4. The standard InChI is InChI=1S/C25H34N2O/c1-17-6-8-22(9-7-17)16-27-12-10-23(11-13-27)25(28)26-21(5)24-15-19(3)18(2)14-20(24)4/h6-9,14-15,21,23H,10-13,16H2,1-5H3,(H,26,28). The van der Waals surface area contributed by atoms with E-state index in [-0.39, 0.29) is 17.9 Å². The van der Waals surface area contributed by atoms with E-state index in [1.54, 1.807) is 0 Å². The maximum Gasteiger partial charge on any atom is 0.223 e. The third-order valence-corrected chi connectivity index (χ3v) is 6.19. The molecule has 0 bridgehead atoms. The lowest BCUT2D eigenvalue weighted by Crippen LogP contribution is -2.41. The molecule has 1 atom stereocenters. The van der Waals surface area contributed by atoms with Gasteiger partial charge in [-0.3, -0.25) is 9.69 Å². The second-order valence-electron chi connectivity index (χ2n) is 8.56. The maximum absolute atomic E-state index is 12.8. The van der Waals surface area contributed by atoms with Crippen LogP contribution in [0.5, 0.6) is 0 Å². The summed E-state index contributed by atoms with van der Waals surface area (Å²) in [6, 6.07) is 13.3. The monoisotopic (exact) mass is 378 g/mol. The Labute approximate surface area is 170 Å². The number of carbonyl (C=O) groups is 1. The highest BCUT2D eigenvalue weighted by Gasteiger charge is 2.26. The second-order valence-corrected chi connectivity index (χ2v) is 8.56. The zero-order valence-electron chi connectivity index (χ0n) is 18.0. The van der Waals surface area contributed by atoms with Crippen molar-refractivity contribution in [1.29, 1.82) is 0 Å². The third-order valence-electron chi connectivity index (χ3n) is 6.19. The minimum absolute atomic E-state index is 0.0531. The van der Waals surface area contributed by atoms with Crippen LogP contribution < -0.4 is 5.32 Å². The number of nitrogens with zero attached hydrogens (tertiary/aromatic N) is 1. The van der Waals surface area contributed by atoms with Crippen molar-refractivity contribution in [3.8, 4) is 0 Å². The molecule has 1 unspecified atom stereocenters. The Morgan fingerprint density at radius 3 is 2.25 bits per heavy atom. The van der Waals surface area contributed by atoms with Crippen LogP contribution in [0.2, 0.25) is 0 Å². The summed E-state index contributed by atoms with van der Waals surface area (Å²) in [4.78, 5) is 15.3. The molecule has 0 aliphatic carbocycles. The van der Waals surface area contributed by atoms with Crippen molar-refractivity contribution < 1.29 is 4.79 Å². The fraction of sp³-hybridized carbons (Fsp3) is 0.480. The first-order valence-corrected chi connectivity index (χ1v) is 10.5. The van der Waals surface area contributed by atoms with Crippen LogP contribution in [0.4, 0.5) is 0 Å². The summed E-state index contributed by atoms with van der Waals surface area (Å²) in [6.45, 7) is 13.6. The normalized spacial score (nSPS) is 16.8. The number of nitrogens with one attached hydrogen (secondary N) is 1. The zero-order chi connectivity index (χ0) is 20.3. The van der Waals surface area contributed by atoms with Gasteiger partial charge in [0.2, 0.25) is 5.91 Å². The summed E-state index contributed by atoms with van der Waals surface area (Å²) < 4.78 is 0. The lowest BCUT2D eigenvalue weighted by Gasteiger charge is -2.32. The predicted octanol–water partition coefficient (Wildman–Crippen LogP) is 5.01. The first-order chi connectivity index (χ1) is 13.3. The molecule has 0 saturated carbocycles. The molecule has 0 aromatic heterocycles. The highest BCUT2D eigenvalue weighted by atomic mass is 16.1. The van der Waals surface area contributed by atoms with Gasteiger partial charge in [0.25, 0.3) is 0 Å². The quantitative estimate of drug-likeness (QED) is 0.793. The highest BCUT2D eigenvalue weighted by Crippen LogP contribution is 2.24. The summed E-state index contributed by atoms with van der Waals surface area (Å²) >= 11 is 0. The molecule has 3 rings (SSSR count). The molecule has 1 amide bonds. The minimum atomic E-state index is 0.0531. The van der Waals surface area contributed by atoms with Gasteiger partial charge in [0, 0.05) is 12.5 Å².